The molecule has 0 aliphatic heterocycles. The number of halogens is 4. The summed E-state index contributed by atoms with van der Waals surface area (Å²) in [6.07, 6.45) is 0. The van der Waals surface area contributed by atoms with Crippen molar-refractivity contribution in [1.82, 2.24) is 0 Å². The Bertz CT molecular complexity index is 1650. The molecule has 5 aromatic carbocycles. The lowest BCUT2D eigenvalue weighted by Crippen LogP contribution is -2.14. The molecule has 0 amide bonds. The van der Waals surface area contributed by atoms with E-state index in [9.17, 15) is 31.9 Å². The van der Waals surface area contributed by atoms with Crippen LogP contribution in [-0.2, 0) is 0 Å². The Morgan fingerprint density at radius 1 is 0.350 bits per heavy atom. The zero-order valence-corrected chi connectivity index (χ0v) is 20.8. The minimum atomic E-state index is -0.814. The van der Waals surface area contributed by atoms with Gasteiger partial charge in [0, 0.05) is 11.1 Å². The third-order valence-corrected chi connectivity index (χ3v) is 5.88. The molecule has 0 N–H and O–H groups in total. The van der Waals surface area contributed by atoms with Crippen molar-refractivity contribution < 1.29 is 31.9 Å². The Kier molecular flexibility index (Phi) is 8.76. The van der Waals surface area contributed by atoms with Crippen molar-refractivity contribution in [2.45, 2.75) is 0 Å². The molecule has 7 heteroatoms. The molecule has 0 aliphatic carbocycles. The van der Waals surface area contributed by atoms with Crippen LogP contribution in [-0.4, -0.2) is 17.3 Å². The molecule has 0 spiro atoms. The van der Waals surface area contributed by atoms with Crippen LogP contribution in [0.5, 0.6) is 0 Å². The third kappa shape index (κ3) is 6.10. The molecule has 0 bridgehead atoms. The van der Waals surface area contributed by atoms with Gasteiger partial charge >= 0.3 is 0 Å². The Balaban J connectivity index is 0.000000201. The number of hydrogen-bond acceptors (Lipinski definition) is 3. The molecule has 0 saturated carbocycles. The van der Waals surface area contributed by atoms with E-state index in [4.69, 9.17) is 0 Å². The van der Waals surface area contributed by atoms with Gasteiger partial charge in [-0.1, -0.05) is 78.9 Å². The number of carbonyl (C=O) groups excluding carboxylic acids is 3. The van der Waals surface area contributed by atoms with Gasteiger partial charge in [0.1, 0.15) is 23.3 Å². The van der Waals surface area contributed by atoms with E-state index in [0.29, 0.717) is 0 Å². The van der Waals surface area contributed by atoms with E-state index in [1.165, 1.54) is 91.0 Å². The SMILES string of the molecule is O=C(c1ccccc1F)c1cccc(F)c1C(=O)c1ccccc1.O=C(c1ccccc1F)c1ccccc1F. The number of ketones is 3. The zero-order valence-electron chi connectivity index (χ0n) is 20.8. The first-order chi connectivity index (χ1) is 19.3. The van der Waals surface area contributed by atoms with E-state index >= 15 is 0 Å². The van der Waals surface area contributed by atoms with Gasteiger partial charge in [-0.15, -0.1) is 0 Å². The van der Waals surface area contributed by atoms with Gasteiger partial charge in [-0.3, -0.25) is 14.4 Å². The van der Waals surface area contributed by atoms with E-state index in [0.717, 1.165) is 12.1 Å². The Hall–Kier alpha value is -5.17. The van der Waals surface area contributed by atoms with Crippen molar-refractivity contribution in [2.24, 2.45) is 0 Å². The molecule has 3 nitrogen and oxygen atoms in total. The van der Waals surface area contributed by atoms with E-state index in [-0.39, 0.29) is 33.4 Å². The smallest absolute Gasteiger partial charge is 0.198 e. The predicted octanol–water partition coefficient (Wildman–Crippen LogP) is 7.62. The number of benzene rings is 5. The Morgan fingerprint density at radius 2 is 0.700 bits per heavy atom. The van der Waals surface area contributed by atoms with Gasteiger partial charge in [0.2, 0.25) is 0 Å². The summed E-state index contributed by atoms with van der Waals surface area (Å²) in [5, 5.41) is 0. The van der Waals surface area contributed by atoms with E-state index in [2.05, 4.69) is 0 Å². The molecule has 0 atom stereocenters. The Morgan fingerprint density at radius 3 is 1.15 bits per heavy atom. The summed E-state index contributed by atoms with van der Waals surface area (Å²) in [6.45, 7) is 0. The van der Waals surface area contributed by atoms with Crippen molar-refractivity contribution in [3.63, 3.8) is 0 Å². The Labute approximate surface area is 227 Å². The second-order valence-electron chi connectivity index (χ2n) is 8.46. The lowest BCUT2D eigenvalue weighted by molar-refractivity contribution is 0.0998. The lowest BCUT2D eigenvalue weighted by Gasteiger charge is -2.10. The molecule has 0 aromatic heterocycles. The molecule has 0 heterocycles. The van der Waals surface area contributed by atoms with Crippen molar-refractivity contribution in [1.29, 1.82) is 0 Å². The van der Waals surface area contributed by atoms with Crippen LogP contribution in [0.4, 0.5) is 17.6 Å². The van der Waals surface area contributed by atoms with Gasteiger partial charge in [0.15, 0.2) is 17.3 Å². The fourth-order valence-corrected chi connectivity index (χ4v) is 3.90. The minimum Gasteiger partial charge on any atom is -0.288 e. The van der Waals surface area contributed by atoms with Crippen LogP contribution in [0, 0.1) is 23.3 Å². The van der Waals surface area contributed by atoms with Gasteiger partial charge in [-0.25, -0.2) is 17.6 Å². The van der Waals surface area contributed by atoms with Crippen LogP contribution in [0.2, 0.25) is 0 Å². The van der Waals surface area contributed by atoms with Crippen molar-refractivity contribution in [3.05, 3.63) is 178 Å². The molecule has 0 fully saturated rings. The maximum absolute atomic E-state index is 14.3. The molecule has 0 unspecified atom stereocenters. The lowest BCUT2D eigenvalue weighted by atomic mass is 9.92. The van der Waals surface area contributed by atoms with Crippen LogP contribution < -0.4 is 0 Å². The van der Waals surface area contributed by atoms with Gasteiger partial charge in [-0.2, -0.15) is 0 Å². The minimum absolute atomic E-state index is 0.118. The number of rotatable bonds is 6. The van der Waals surface area contributed by atoms with E-state index < -0.39 is 40.6 Å². The highest BCUT2D eigenvalue weighted by molar-refractivity contribution is 6.19. The zero-order chi connectivity index (χ0) is 28.6. The topological polar surface area (TPSA) is 51.2 Å². The standard InChI is InChI=1S/C20H12F2O2.C13H8F2O/c21-16-11-5-4-9-14(16)20(24)15-10-6-12-17(22)18(15)19(23)13-7-2-1-3-8-13;14-11-7-3-1-5-9(11)13(16)10-6-2-4-8-12(10)15/h1-12H;1-8H. The first-order valence-corrected chi connectivity index (χ1v) is 12.0. The summed E-state index contributed by atoms with van der Waals surface area (Å²) in [5.41, 5.74) is -0.693. The van der Waals surface area contributed by atoms with Crippen molar-refractivity contribution >= 4 is 17.3 Å². The number of carbonyl (C=O) groups is 3. The van der Waals surface area contributed by atoms with Crippen molar-refractivity contribution in [2.75, 3.05) is 0 Å². The van der Waals surface area contributed by atoms with Gasteiger partial charge in [0.25, 0.3) is 0 Å². The van der Waals surface area contributed by atoms with E-state index in [1.54, 1.807) is 18.2 Å². The van der Waals surface area contributed by atoms with Gasteiger partial charge in [0.05, 0.1) is 22.3 Å². The average Bonchev–Trinajstić information content (AvgIpc) is 2.97. The molecule has 5 rings (SSSR count). The highest BCUT2D eigenvalue weighted by Crippen LogP contribution is 2.22. The van der Waals surface area contributed by atoms with Crippen LogP contribution >= 0.6 is 0 Å². The summed E-state index contributed by atoms with van der Waals surface area (Å²) < 4.78 is 54.8. The monoisotopic (exact) mass is 540 g/mol. The summed E-state index contributed by atoms with van der Waals surface area (Å²) in [4.78, 5) is 37.0. The van der Waals surface area contributed by atoms with Gasteiger partial charge < -0.3 is 0 Å². The first-order valence-electron chi connectivity index (χ1n) is 12.0. The first kappa shape index (κ1) is 27.9. The molecule has 0 saturated heterocycles. The van der Waals surface area contributed by atoms with Crippen LogP contribution in [0.25, 0.3) is 0 Å². The third-order valence-electron chi connectivity index (χ3n) is 5.88. The molecule has 40 heavy (non-hydrogen) atoms. The second kappa shape index (κ2) is 12.6. The average molecular weight is 541 g/mol. The quantitative estimate of drug-likeness (QED) is 0.164. The maximum atomic E-state index is 14.3. The number of hydrogen-bond donors (Lipinski definition) is 0. The molecular formula is C33H20F4O3. The molecular weight excluding hydrogens is 520 g/mol. The summed E-state index contributed by atoms with van der Waals surface area (Å²) in [5.74, 6) is -4.81. The predicted molar refractivity (Wildman–Crippen MR) is 142 cm³/mol. The van der Waals surface area contributed by atoms with Crippen molar-refractivity contribution in [3.8, 4) is 0 Å². The van der Waals surface area contributed by atoms with E-state index in [1.807, 2.05) is 0 Å². The molecule has 5 aromatic rings. The molecule has 0 aliphatic rings. The normalized spacial score (nSPS) is 10.3. The fourth-order valence-electron chi connectivity index (χ4n) is 3.90. The highest BCUT2D eigenvalue weighted by atomic mass is 19.1. The van der Waals surface area contributed by atoms with Crippen LogP contribution in [0.15, 0.2) is 121 Å². The summed E-state index contributed by atoms with van der Waals surface area (Å²) in [6, 6.07) is 28.3. The van der Waals surface area contributed by atoms with Gasteiger partial charge in [-0.05, 0) is 42.5 Å². The summed E-state index contributed by atoms with van der Waals surface area (Å²) in [7, 11) is 0. The molecule has 198 valence electrons. The second-order valence-corrected chi connectivity index (χ2v) is 8.46. The molecule has 0 radical (unpaired) electrons. The fraction of sp³-hybridized carbons (Fsp3) is 0. The summed E-state index contributed by atoms with van der Waals surface area (Å²) >= 11 is 0. The van der Waals surface area contributed by atoms with Crippen LogP contribution in [0.3, 0.4) is 0 Å². The van der Waals surface area contributed by atoms with Crippen LogP contribution in [0.1, 0.15) is 47.8 Å². The largest absolute Gasteiger partial charge is 0.288 e. The highest BCUT2D eigenvalue weighted by Gasteiger charge is 2.24. The maximum Gasteiger partial charge on any atom is 0.198 e.